The summed E-state index contributed by atoms with van der Waals surface area (Å²) in [5, 5.41) is 0. The highest BCUT2D eigenvalue weighted by Crippen LogP contribution is 2.26. The second-order valence-corrected chi connectivity index (χ2v) is 6.88. The summed E-state index contributed by atoms with van der Waals surface area (Å²) < 4.78 is 11.3. The number of amides is 1. The summed E-state index contributed by atoms with van der Waals surface area (Å²) in [5.41, 5.74) is 1.14. The van der Waals surface area contributed by atoms with E-state index in [0.29, 0.717) is 31.4 Å². The summed E-state index contributed by atoms with van der Waals surface area (Å²) in [6.45, 7) is 5.57. The Kier molecular flexibility index (Phi) is 4.88. The molecule has 0 spiro atoms. The van der Waals surface area contributed by atoms with E-state index in [1.807, 2.05) is 17.3 Å². The maximum absolute atomic E-state index is 12.6. The van der Waals surface area contributed by atoms with E-state index < -0.39 is 0 Å². The van der Waals surface area contributed by atoms with Gasteiger partial charge in [0.05, 0.1) is 19.0 Å². The van der Waals surface area contributed by atoms with Gasteiger partial charge in [0.2, 0.25) is 5.95 Å². The van der Waals surface area contributed by atoms with Crippen molar-refractivity contribution in [2.24, 2.45) is 5.92 Å². The van der Waals surface area contributed by atoms with Crippen LogP contribution in [0.1, 0.15) is 29.5 Å². The summed E-state index contributed by atoms with van der Waals surface area (Å²) in [7, 11) is 0. The SMILES string of the molecule is CCc1cnc(N2CC[C@@H]3CN(C(=O)c4ccco4)CCO[C@@H]3C2)nc1. The fourth-order valence-corrected chi connectivity index (χ4v) is 3.67. The molecule has 4 rings (SSSR count). The summed E-state index contributed by atoms with van der Waals surface area (Å²) in [6, 6.07) is 3.46. The number of nitrogens with zero attached hydrogens (tertiary/aromatic N) is 4. The first-order valence-corrected chi connectivity index (χ1v) is 9.25. The van der Waals surface area contributed by atoms with Crippen LogP contribution in [0.5, 0.6) is 0 Å². The molecule has 1 amide bonds. The molecular weight excluding hydrogens is 332 g/mol. The van der Waals surface area contributed by atoms with Gasteiger partial charge in [-0.15, -0.1) is 0 Å². The highest BCUT2D eigenvalue weighted by molar-refractivity contribution is 5.91. The van der Waals surface area contributed by atoms with Gasteiger partial charge in [0.25, 0.3) is 5.91 Å². The number of aromatic nitrogens is 2. The van der Waals surface area contributed by atoms with Gasteiger partial charge in [-0.3, -0.25) is 4.79 Å². The van der Waals surface area contributed by atoms with Gasteiger partial charge < -0.3 is 19.0 Å². The van der Waals surface area contributed by atoms with Crippen LogP contribution in [0, 0.1) is 5.92 Å². The van der Waals surface area contributed by atoms with Gasteiger partial charge in [-0.05, 0) is 30.5 Å². The molecule has 7 nitrogen and oxygen atoms in total. The quantitative estimate of drug-likeness (QED) is 0.838. The van der Waals surface area contributed by atoms with E-state index in [1.54, 1.807) is 12.1 Å². The lowest BCUT2D eigenvalue weighted by atomic mass is 9.93. The minimum Gasteiger partial charge on any atom is -0.459 e. The molecule has 0 N–H and O–H groups in total. The first kappa shape index (κ1) is 17.0. The molecule has 7 heteroatoms. The second kappa shape index (κ2) is 7.45. The number of anilines is 1. The van der Waals surface area contributed by atoms with E-state index in [4.69, 9.17) is 9.15 Å². The third-order valence-electron chi connectivity index (χ3n) is 5.25. The number of rotatable bonds is 3. The molecule has 0 unspecified atom stereocenters. The van der Waals surface area contributed by atoms with E-state index in [2.05, 4.69) is 21.8 Å². The summed E-state index contributed by atoms with van der Waals surface area (Å²) in [6.07, 6.45) is 7.30. The number of ether oxygens (including phenoxy) is 1. The van der Waals surface area contributed by atoms with Gasteiger partial charge in [0.15, 0.2) is 5.76 Å². The average molecular weight is 356 g/mol. The predicted molar refractivity (Wildman–Crippen MR) is 96.1 cm³/mol. The number of carbonyl (C=O) groups excluding carboxylic acids is 1. The van der Waals surface area contributed by atoms with Crippen molar-refractivity contribution in [1.82, 2.24) is 14.9 Å². The highest BCUT2D eigenvalue weighted by Gasteiger charge is 2.36. The molecule has 2 aliphatic heterocycles. The van der Waals surface area contributed by atoms with Gasteiger partial charge in [0, 0.05) is 44.5 Å². The third kappa shape index (κ3) is 3.44. The number of hydrogen-bond acceptors (Lipinski definition) is 6. The van der Waals surface area contributed by atoms with Crippen LogP contribution in [0.15, 0.2) is 35.2 Å². The Morgan fingerprint density at radius 3 is 2.85 bits per heavy atom. The Balaban J connectivity index is 1.42. The molecule has 2 aromatic heterocycles. The van der Waals surface area contributed by atoms with Crippen LogP contribution in [0.3, 0.4) is 0 Å². The number of piperidine rings is 1. The van der Waals surface area contributed by atoms with Crippen molar-refractivity contribution in [3.05, 3.63) is 42.1 Å². The highest BCUT2D eigenvalue weighted by atomic mass is 16.5. The zero-order chi connectivity index (χ0) is 17.9. The van der Waals surface area contributed by atoms with Crippen LogP contribution in [-0.2, 0) is 11.2 Å². The molecule has 2 aliphatic rings. The minimum atomic E-state index is -0.0554. The molecule has 0 aliphatic carbocycles. The normalized spacial score (nSPS) is 23.4. The molecule has 26 heavy (non-hydrogen) atoms. The van der Waals surface area contributed by atoms with Crippen molar-refractivity contribution in [1.29, 1.82) is 0 Å². The number of aryl methyl sites for hydroxylation is 1. The molecule has 2 aromatic rings. The molecule has 0 saturated carbocycles. The molecule has 2 saturated heterocycles. The fraction of sp³-hybridized carbons (Fsp3) is 0.526. The van der Waals surface area contributed by atoms with E-state index in [0.717, 1.165) is 37.4 Å². The van der Waals surface area contributed by atoms with E-state index >= 15 is 0 Å². The largest absolute Gasteiger partial charge is 0.459 e. The van der Waals surface area contributed by atoms with Gasteiger partial charge in [-0.1, -0.05) is 6.92 Å². The lowest BCUT2D eigenvalue weighted by Crippen LogP contribution is -2.48. The smallest absolute Gasteiger partial charge is 0.289 e. The number of fused-ring (bicyclic) bond motifs is 1. The van der Waals surface area contributed by atoms with Crippen LogP contribution < -0.4 is 4.90 Å². The molecule has 2 atom stereocenters. The minimum absolute atomic E-state index is 0.0554. The molecule has 0 radical (unpaired) electrons. The monoisotopic (exact) mass is 356 g/mol. The van der Waals surface area contributed by atoms with Crippen LogP contribution in [0.25, 0.3) is 0 Å². The van der Waals surface area contributed by atoms with Crippen molar-refractivity contribution in [3.63, 3.8) is 0 Å². The molecular formula is C19H24N4O3. The average Bonchev–Trinajstić information content (AvgIpc) is 3.14. The van der Waals surface area contributed by atoms with Gasteiger partial charge >= 0.3 is 0 Å². The Morgan fingerprint density at radius 1 is 1.27 bits per heavy atom. The fourth-order valence-electron chi connectivity index (χ4n) is 3.67. The summed E-state index contributed by atoms with van der Waals surface area (Å²) in [4.78, 5) is 25.6. The standard InChI is InChI=1S/C19H24N4O3/c1-2-14-10-20-19(21-11-14)23-6-5-15-12-22(7-9-26-17(15)13-23)18(24)16-4-3-8-25-16/h3-4,8,10-11,15,17H,2,5-7,9,12-13H2,1H3/t15-,17-/m1/s1. The van der Waals surface area contributed by atoms with E-state index in [1.165, 1.54) is 6.26 Å². The van der Waals surface area contributed by atoms with Crippen molar-refractivity contribution < 1.29 is 13.9 Å². The number of furan rings is 1. The van der Waals surface area contributed by atoms with Gasteiger partial charge in [-0.2, -0.15) is 0 Å². The van der Waals surface area contributed by atoms with Crippen molar-refractivity contribution in [2.45, 2.75) is 25.9 Å². The van der Waals surface area contributed by atoms with Crippen LogP contribution in [0.2, 0.25) is 0 Å². The van der Waals surface area contributed by atoms with Crippen LogP contribution in [-0.4, -0.2) is 59.7 Å². The van der Waals surface area contributed by atoms with Crippen LogP contribution >= 0.6 is 0 Å². The van der Waals surface area contributed by atoms with E-state index in [9.17, 15) is 4.79 Å². The van der Waals surface area contributed by atoms with Gasteiger partial charge in [-0.25, -0.2) is 9.97 Å². The maximum Gasteiger partial charge on any atom is 0.289 e. The third-order valence-corrected chi connectivity index (χ3v) is 5.25. The Labute approximate surface area is 153 Å². The van der Waals surface area contributed by atoms with Crippen LogP contribution in [0.4, 0.5) is 5.95 Å². The second-order valence-electron chi connectivity index (χ2n) is 6.88. The Morgan fingerprint density at radius 2 is 2.12 bits per heavy atom. The zero-order valence-electron chi connectivity index (χ0n) is 15.0. The molecule has 0 aromatic carbocycles. The van der Waals surface area contributed by atoms with E-state index in [-0.39, 0.29) is 12.0 Å². The number of carbonyl (C=O) groups is 1. The summed E-state index contributed by atoms with van der Waals surface area (Å²) >= 11 is 0. The zero-order valence-corrected chi connectivity index (χ0v) is 15.0. The van der Waals surface area contributed by atoms with Crippen molar-refractivity contribution in [2.75, 3.05) is 37.7 Å². The topological polar surface area (TPSA) is 71.7 Å². The number of hydrogen-bond donors (Lipinski definition) is 0. The predicted octanol–water partition coefficient (Wildman–Crippen LogP) is 2.00. The molecule has 4 heterocycles. The Bertz CT molecular complexity index is 732. The summed E-state index contributed by atoms with van der Waals surface area (Å²) in [5.74, 6) is 1.42. The lowest BCUT2D eigenvalue weighted by molar-refractivity contribution is 0.0249. The van der Waals surface area contributed by atoms with Crippen molar-refractivity contribution >= 4 is 11.9 Å². The van der Waals surface area contributed by atoms with Gasteiger partial charge in [0.1, 0.15) is 0 Å². The lowest BCUT2D eigenvalue weighted by Gasteiger charge is -2.37. The molecule has 0 bridgehead atoms. The molecule has 138 valence electrons. The van der Waals surface area contributed by atoms with Crippen molar-refractivity contribution in [3.8, 4) is 0 Å². The Hall–Kier alpha value is -2.41. The molecule has 2 fully saturated rings. The first-order valence-electron chi connectivity index (χ1n) is 9.25. The first-order chi connectivity index (χ1) is 12.7. The maximum atomic E-state index is 12.6.